The smallest absolute Gasteiger partial charge is 0.269 e. The molecule has 1 N–H and O–H groups in total. The number of hydrogen-bond donors (Lipinski definition) is 1. The number of aromatic amines is 1. The minimum Gasteiger partial charge on any atom is -0.356 e. The summed E-state index contributed by atoms with van der Waals surface area (Å²) >= 11 is 0. The van der Waals surface area contributed by atoms with Crippen molar-refractivity contribution in [2.24, 2.45) is 0 Å². The number of para-hydroxylation sites is 1. The van der Waals surface area contributed by atoms with Crippen LogP contribution in [0, 0.1) is 15.9 Å². The van der Waals surface area contributed by atoms with E-state index in [1.165, 1.54) is 29.2 Å². The van der Waals surface area contributed by atoms with Crippen molar-refractivity contribution in [2.45, 2.75) is 25.0 Å². The number of rotatable bonds is 4. The lowest BCUT2D eigenvalue weighted by Crippen LogP contribution is -2.62. The van der Waals surface area contributed by atoms with Gasteiger partial charge >= 0.3 is 0 Å². The SMILES string of the molecule is O=C1[C@H]2Cc3c([nH]c4ccccc34)C(c3cccc([N+](=O)[O-])c3)N2C(=O)CN1Cc1ccc(F)cc1. The number of carbonyl (C=O) groups is 2. The summed E-state index contributed by atoms with van der Waals surface area (Å²) in [5, 5.41) is 12.4. The Morgan fingerprint density at radius 2 is 1.81 bits per heavy atom. The maximum Gasteiger partial charge on any atom is 0.269 e. The summed E-state index contributed by atoms with van der Waals surface area (Å²) in [6, 6.07) is 18.4. The van der Waals surface area contributed by atoms with Crippen LogP contribution in [0.15, 0.2) is 72.8 Å². The van der Waals surface area contributed by atoms with Crippen LogP contribution in [0.25, 0.3) is 10.9 Å². The van der Waals surface area contributed by atoms with E-state index in [1.54, 1.807) is 29.2 Å². The third-order valence-corrected chi connectivity index (χ3v) is 7.03. The molecule has 2 amide bonds. The van der Waals surface area contributed by atoms with Gasteiger partial charge in [0.2, 0.25) is 11.8 Å². The molecule has 9 heteroatoms. The zero-order valence-electron chi connectivity index (χ0n) is 19.1. The molecule has 4 aromatic rings. The summed E-state index contributed by atoms with van der Waals surface area (Å²) in [6.07, 6.45) is 0.329. The van der Waals surface area contributed by atoms with Crippen LogP contribution in [0.5, 0.6) is 0 Å². The van der Waals surface area contributed by atoms with Crippen LogP contribution in [-0.2, 0) is 22.6 Å². The fourth-order valence-corrected chi connectivity index (χ4v) is 5.42. The molecule has 0 saturated carbocycles. The molecule has 2 atom stereocenters. The lowest BCUT2D eigenvalue weighted by atomic mass is 9.86. The number of piperazine rings is 1. The highest BCUT2D eigenvalue weighted by Gasteiger charge is 2.48. The highest BCUT2D eigenvalue weighted by atomic mass is 19.1. The molecule has 8 nitrogen and oxygen atoms in total. The van der Waals surface area contributed by atoms with Crippen LogP contribution in [0.2, 0.25) is 0 Å². The van der Waals surface area contributed by atoms with Crippen molar-refractivity contribution < 1.29 is 18.9 Å². The Balaban J connectivity index is 1.46. The van der Waals surface area contributed by atoms with E-state index in [9.17, 15) is 24.1 Å². The van der Waals surface area contributed by atoms with Crippen LogP contribution in [0.4, 0.5) is 10.1 Å². The summed E-state index contributed by atoms with van der Waals surface area (Å²) in [4.78, 5) is 44.8. The fraction of sp³-hybridized carbons (Fsp3) is 0.185. The van der Waals surface area contributed by atoms with Gasteiger partial charge < -0.3 is 14.8 Å². The number of halogens is 1. The maximum atomic E-state index is 13.7. The quantitative estimate of drug-likeness (QED) is 0.348. The first kappa shape index (κ1) is 22.0. The number of non-ortho nitro benzene ring substituents is 1. The van der Waals surface area contributed by atoms with Gasteiger partial charge in [-0.3, -0.25) is 19.7 Å². The summed E-state index contributed by atoms with van der Waals surface area (Å²) in [5.41, 5.74) is 3.77. The number of carbonyl (C=O) groups excluding carboxylic acids is 2. The van der Waals surface area contributed by atoms with Crippen molar-refractivity contribution in [1.82, 2.24) is 14.8 Å². The Hall–Kier alpha value is -4.53. The molecule has 1 unspecified atom stereocenters. The molecule has 36 heavy (non-hydrogen) atoms. The van der Waals surface area contributed by atoms with E-state index in [4.69, 9.17) is 0 Å². The number of nitro groups is 1. The second-order valence-electron chi connectivity index (χ2n) is 9.16. The average molecular weight is 484 g/mol. The molecule has 3 aromatic carbocycles. The van der Waals surface area contributed by atoms with Crippen LogP contribution >= 0.6 is 0 Å². The van der Waals surface area contributed by atoms with Gasteiger partial charge in [-0.05, 0) is 34.9 Å². The highest BCUT2D eigenvalue weighted by Crippen LogP contribution is 2.43. The third-order valence-electron chi connectivity index (χ3n) is 7.03. The molecule has 6 rings (SSSR count). The average Bonchev–Trinajstić information content (AvgIpc) is 3.25. The zero-order chi connectivity index (χ0) is 25.0. The maximum absolute atomic E-state index is 13.7. The lowest BCUT2D eigenvalue weighted by molar-refractivity contribution is -0.384. The predicted molar refractivity (Wildman–Crippen MR) is 129 cm³/mol. The predicted octanol–water partition coefficient (Wildman–Crippen LogP) is 4.10. The molecular formula is C27H21FN4O4. The van der Waals surface area contributed by atoms with Gasteiger partial charge in [-0.25, -0.2) is 4.39 Å². The molecule has 0 aliphatic carbocycles. The molecule has 2 aliphatic heterocycles. The first-order valence-corrected chi connectivity index (χ1v) is 11.6. The van der Waals surface area contributed by atoms with Crippen molar-refractivity contribution in [3.05, 3.63) is 111 Å². The van der Waals surface area contributed by atoms with Gasteiger partial charge in [-0.2, -0.15) is 0 Å². The van der Waals surface area contributed by atoms with E-state index in [-0.39, 0.29) is 36.4 Å². The van der Waals surface area contributed by atoms with Crippen molar-refractivity contribution in [2.75, 3.05) is 6.54 Å². The van der Waals surface area contributed by atoms with Crippen LogP contribution in [0.3, 0.4) is 0 Å². The zero-order valence-corrected chi connectivity index (χ0v) is 19.1. The largest absolute Gasteiger partial charge is 0.356 e. The van der Waals surface area contributed by atoms with Crippen molar-refractivity contribution in [1.29, 1.82) is 0 Å². The van der Waals surface area contributed by atoms with Crippen molar-refractivity contribution in [3.8, 4) is 0 Å². The van der Waals surface area contributed by atoms with E-state index < -0.39 is 17.0 Å². The van der Waals surface area contributed by atoms with Crippen molar-refractivity contribution in [3.63, 3.8) is 0 Å². The Morgan fingerprint density at radius 3 is 2.58 bits per heavy atom. The molecule has 3 heterocycles. The summed E-state index contributed by atoms with van der Waals surface area (Å²) in [6.45, 7) is 0.0606. The monoisotopic (exact) mass is 484 g/mol. The minimum atomic E-state index is -0.761. The number of aromatic nitrogens is 1. The van der Waals surface area contributed by atoms with E-state index in [0.717, 1.165) is 27.7 Å². The molecule has 0 spiro atoms. The first-order chi connectivity index (χ1) is 17.4. The van der Waals surface area contributed by atoms with Gasteiger partial charge in [-0.1, -0.05) is 42.5 Å². The van der Waals surface area contributed by atoms with E-state index in [0.29, 0.717) is 12.0 Å². The number of nitro benzene ring substituents is 1. The third kappa shape index (κ3) is 3.51. The molecular weight excluding hydrogens is 463 g/mol. The Bertz CT molecular complexity index is 1530. The molecule has 0 bridgehead atoms. The topological polar surface area (TPSA) is 99.5 Å². The number of H-pyrrole nitrogens is 1. The van der Waals surface area contributed by atoms with Gasteiger partial charge in [0.1, 0.15) is 18.4 Å². The fourth-order valence-electron chi connectivity index (χ4n) is 5.42. The van der Waals surface area contributed by atoms with E-state index in [2.05, 4.69) is 4.98 Å². The molecule has 1 saturated heterocycles. The van der Waals surface area contributed by atoms with Crippen LogP contribution in [-0.4, -0.2) is 44.1 Å². The Morgan fingerprint density at radius 1 is 1.03 bits per heavy atom. The van der Waals surface area contributed by atoms with E-state index in [1.807, 2.05) is 24.3 Å². The second kappa shape index (κ2) is 8.30. The van der Waals surface area contributed by atoms with Gasteiger partial charge in [0.15, 0.2) is 0 Å². The number of hydrogen-bond acceptors (Lipinski definition) is 4. The number of nitrogens with zero attached hydrogens (tertiary/aromatic N) is 3. The molecule has 180 valence electrons. The minimum absolute atomic E-state index is 0.0824. The van der Waals surface area contributed by atoms with Crippen LogP contribution < -0.4 is 0 Å². The van der Waals surface area contributed by atoms with Gasteiger partial charge in [-0.15, -0.1) is 0 Å². The van der Waals surface area contributed by atoms with Gasteiger partial charge in [0, 0.05) is 41.7 Å². The van der Waals surface area contributed by atoms with E-state index >= 15 is 0 Å². The highest BCUT2D eigenvalue weighted by molar-refractivity contribution is 5.97. The summed E-state index contributed by atoms with van der Waals surface area (Å²) < 4.78 is 13.4. The molecule has 1 aromatic heterocycles. The summed E-state index contributed by atoms with van der Waals surface area (Å²) in [5.74, 6) is -0.822. The number of amides is 2. The molecule has 0 radical (unpaired) electrons. The van der Waals surface area contributed by atoms with Gasteiger partial charge in [0.25, 0.3) is 5.69 Å². The van der Waals surface area contributed by atoms with Gasteiger partial charge in [0.05, 0.1) is 11.0 Å². The number of fused-ring (bicyclic) bond motifs is 4. The van der Waals surface area contributed by atoms with Crippen LogP contribution in [0.1, 0.15) is 28.4 Å². The van der Waals surface area contributed by atoms with Crippen molar-refractivity contribution >= 4 is 28.4 Å². The molecule has 1 fully saturated rings. The Labute approximate surface area is 205 Å². The normalized spacial score (nSPS) is 19.4. The Kier molecular flexibility index (Phi) is 5.06. The second-order valence-corrected chi connectivity index (χ2v) is 9.16. The summed E-state index contributed by atoms with van der Waals surface area (Å²) in [7, 11) is 0. The lowest BCUT2D eigenvalue weighted by Gasteiger charge is -2.47. The number of benzene rings is 3. The first-order valence-electron chi connectivity index (χ1n) is 11.6. The number of nitrogens with one attached hydrogen (secondary N) is 1. The standard InChI is InChI=1S/C27H21FN4O4/c28-18-10-8-16(9-11-18)14-30-15-24(33)31-23(27(30)34)13-21-20-6-1-2-7-22(20)29-25(21)26(31)17-4-3-5-19(12-17)32(35)36/h1-12,23,26,29H,13-15H2/t23-,26?/m1/s1. The molecule has 2 aliphatic rings.